The van der Waals surface area contributed by atoms with E-state index in [-0.39, 0.29) is 16.8 Å². The highest BCUT2D eigenvalue weighted by Gasteiger charge is 2.33. The quantitative estimate of drug-likeness (QED) is 0.386. The Morgan fingerprint density at radius 1 is 1.09 bits per heavy atom. The monoisotopic (exact) mass is 482 g/mol. The summed E-state index contributed by atoms with van der Waals surface area (Å²) in [6, 6.07) is 6.87. The van der Waals surface area contributed by atoms with Gasteiger partial charge >= 0.3 is 12.3 Å². The van der Waals surface area contributed by atoms with Gasteiger partial charge in [-0.25, -0.2) is 8.78 Å². The second-order valence-electron chi connectivity index (χ2n) is 7.07. The molecule has 7 nitrogen and oxygen atoms in total. The maximum Gasteiger partial charge on any atom is 0.573 e. The predicted molar refractivity (Wildman–Crippen MR) is 106 cm³/mol. The van der Waals surface area contributed by atoms with Crippen LogP contribution in [0, 0.1) is 11.6 Å². The number of halogens is 5. The lowest BCUT2D eigenvalue weighted by Gasteiger charge is -2.18. The summed E-state index contributed by atoms with van der Waals surface area (Å²) in [5.74, 6) is -6.56. The van der Waals surface area contributed by atoms with Crippen molar-refractivity contribution in [1.29, 1.82) is 0 Å². The van der Waals surface area contributed by atoms with Gasteiger partial charge in [-0.3, -0.25) is 19.4 Å². The Balaban J connectivity index is 2.00. The fourth-order valence-corrected chi connectivity index (χ4v) is 3.24. The molecule has 0 aliphatic carbocycles. The van der Waals surface area contributed by atoms with Crippen molar-refractivity contribution in [3.8, 4) is 5.75 Å². The Morgan fingerprint density at radius 3 is 2.44 bits per heavy atom. The Bertz CT molecular complexity index is 1290. The predicted octanol–water partition coefficient (Wildman–Crippen LogP) is 3.91. The summed E-state index contributed by atoms with van der Waals surface area (Å²) in [4.78, 5) is 39.5. The fourth-order valence-electron chi connectivity index (χ4n) is 3.24. The van der Waals surface area contributed by atoms with Crippen LogP contribution in [0.15, 0.2) is 59.7 Å². The van der Waals surface area contributed by atoms with Crippen molar-refractivity contribution >= 4 is 11.8 Å². The summed E-state index contributed by atoms with van der Waals surface area (Å²) >= 11 is 0. The molecule has 2 aromatic heterocycles. The van der Waals surface area contributed by atoms with Crippen molar-refractivity contribution < 1.29 is 41.4 Å². The third-order valence-electron chi connectivity index (χ3n) is 4.70. The molecule has 0 fully saturated rings. The molecule has 2 heterocycles. The van der Waals surface area contributed by atoms with Gasteiger partial charge in [-0.1, -0.05) is 6.07 Å². The highest BCUT2D eigenvalue weighted by Crippen LogP contribution is 2.33. The smallest absolute Gasteiger partial charge is 0.480 e. The molecule has 0 unspecified atom stereocenters. The van der Waals surface area contributed by atoms with Crippen LogP contribution < -0.4 is 10.3 Å². The average Bonchev–Trinajstić information content (AvgIpc) is 2.74. The van der Waals surface area contributed by atoms with E-state index in [9.17, 15) is 36.3 Å². The first kappa shape index (κ1) is 24.6. The molecular formula is C22H15F5N2O5. The number of ether oxygens (including phenoxy) is 1. The zero-order valence-corrected chi connectivity index (χ0v) is 17.1. The van der Waals surface area contributed by atoms with Crippen molar-refractivity contribution in [3.05, 3.63) is 93.7 Å². The van der Waals surface area contributed by atoms with Crippen LogP contribution >= 0.6 is 0 Å². The zero-order valence-electron chi connectivity index (χ0n) is 17.1. The Labute approximate surface area is 188 Å². The van der Waals surface area contributed by atoms with E-state index in [0.717, 1.165) is 35.0 Å². The molecule has 0 radical (unpaired) electrons. The number of benzene rings is 1. The van der Waals surface area contributed by atoms with Gasteiger partial charge in [0.1, 0.15) is 12.4 Å². The molecule has 3 aromatic rings. The number of aliphatic carboxylic acids is 1. The van der Waals surface area contributed by atoms with Crippen LogP contribution in [-0.2, 0) is 11.3 Å². The van der Waals surface area contributed by atoms with Crippen molar-refractivity contribution in [1.82, 2.24) is 9.55 Å². The molecule has 34 heavy (non-hydrogen) atoms. The highest BCUT2D eigenvalue weighted by molar-refractivity contribution is 5.96. The van der Waals surface area contributed by atoms with E-state index in [4.69, 9.17) is 5.11 Å². The molecule has 0 amide bonds. The van der Waals surface area contributed by atoms with Crippen LogP contribution in [0.25, 0.3) is 0 Å². The number of alkyl halides is 3. The number of carboxylic acid groups (broad SMARTS) is 1. The van der Waals surface area contributed by atoms with Crippen LogP contribution in [0.4, 0.5) is 22.0 Å². The summed E-state index contributed by atoms with van der Waals surface area (Å²) in [5, 5.41) is 8.90. The largest absolute Gasteiger partial charge is 0.573 e. The average molecular weight is 482 g/mol. The number of hydrogen-bond donors (Lipinski definition) is 1. The summed E-state index contributed by atoms with van der Waals surface area (Å²) in [5.41, 5.74) is -1.08. The SMILES string of the molecule is O=C(O)Cn1cc(C(=O)C[C@@H](c2ccc(OC(F)(F)F)c(F)c2)c2ncccc2F)ccc1=O. The number of nitrogens with zero attached hydrogens (tertiary/aromatic N) is 2. The van der Waals surface area contributed by atoms with Gasteiger partial charge < -0.3 is 14.4 Å². The standard InChI is InChI=1S/C22H15F5N2O5/c23-15-2-1-7-28-21(15)14(12-3-5-18(16(24)8-12)34-22(25,26)27)9-17(30)13-4-6-19(31)29(10-13)11-20(32)33/h1-8,10,14H,9,11H2,(H,32,33)/t14-/m0/s1. The molecule has 0 saturated carbocycles. The number of carbonyl (C=O) groups excluding carboxylic acids is 1. The lowest BCUT2D eigenvalue weighted by molar-refractivity contribution is -0.275. The molecule has 0 saturated heterocycles. The number of aromatic nitrogens is 2. The summed E-state index contributed by atoms with van der Waals surface area (Å²) in [7, 11) is 0. The number of carboxylic acids is 1. The molecule has 178 valence electrons. The summed E-state index contributed by atoms with van der Waals surface area (Å²) in [6.45, 7) is -0.704. The highest BCUT2D eigenvalue weighted by atomic mass is 19.4. The minimum Gasteiger partial charge on any atom is -0.480 e. The first-order chi connectivity index (χ1) is 15.9. The minimum atomic E-state index is -5.14. The molecule has 12 heteroatoms. The lowest BCUT2D eigenvalue weighted by atomic mass is 9.88. The van der Waals surface area contributed by atoms with Gasteiger partial charge in [-0.05, 0) is 35.9 Å². The summed E-state index contributed by atoms with van der Waals surface area (Å²) in [6.07, 6.45) is -3.41. The van der Waals surface area contributed by atoms with Gasteiger partial charge in [0.2, 0.25) is 0 Å². The molecule has 0 aliphatic heterocycles. The number of Topliss-reactive ketones (excluding diaryl/α,β-unsaturated/α-hetero) is 1. The number of hydrogen-bond acceptors (Lipinski definition) is 5. The van der Waals surface area contributed by atoms with Gasteiger partial charge in [0, 0.05) is 36.4 Å². The van der Waals surface area contributed by atoms with Crippen LogP contribution in [0.3, 0.4) is 0 Å². The number of rotatable bonds is 8. The Morgan fingerprint density at radius 2 is 1.82 bits per heavy atom. The molecule has 0 spiro atoms. The number of carbonyl (C=O) groups is 2. The molecular weight excluding hydrogens is 467 g/mol. The van der Waals surface area contributed by atoms with E-state index in [2.05, 4.69) is 9.72 Å². The molecule has 3 rings (SSSR count). The summed E-state index contributed by atoms with van der Waals surface area (Å²) < 4.78 is 70.5. The zero-order chi connectivity index (χ0) is 25.0. The van der Waals surface area contributed by atoms with E-state index in [1.807, 2.05) is 0 Å². The van der Waals surface area contributed by atoms with E-state index < -0.39 is 59.9 Å². The van der Waals surface area contributed by atoms with Crippen molar-refractivity contribution in [2.24, 2.45) is 0 Å². The van der Waals surface area contributed by atoms with Crippen LogP contribution in [0.1, 0.15) is 34.0 Å². The minimum absolute atomic E-state index is 0.0585. The first-order valence-electron chi connectivity index (χ1n) is 9.55. The molecule has 0 aliphatic rings. The fraction of sp³-hybridized carbons (Fsp3) is 0.182. The molecule has 0 bridgehead atoms. The van der Waals surface area contributed by atoms with Crippen molar-refractivity contribution in [3.63, 3.8) is 0 Å². The second kappa shape index (κ2) is 9.81. The van der Waals surface area contributed by atoms with Crippen LogP contribution in [0.5, 0.6) is 5.75 Å². The Kier molecular flexibility index (Phi) is 7.08. The van der Waals surface area contributed by atoms with Gasteiger partial charge in [0.05, 0.1) is 5.69 Å². The first-order valence-corrected chi connectivity index (χ1v) is 9.55. The topological polar surface area (TPSA) is 98.5 Å². The third-order valence-corrected chi connectivity index (χ3v) is 4.70. The van der Waals surface area contributed by atoms with E-state index >= 15 is 0 Å². The van der Waals surface area contributed by atoms with Gasteiger partial charge in [0.15, 0.2) is 17.3 Å². The normalized spacial score (nSPS) is 12.3. The lowest BCUT2D eigenvalue weighted by Crippen LogP contribution is -2.24. The second-order valence-corrected chi connectivity index (χ2v) is 7.07. The van der Waals surface area contributed by atoms with E-state index in [0.29, 0.717) is 12.1 Å². The maximum atomic E-state index is 14.5. The van der Waals surface area contributed by atoms with Crippen LogP contribution in [0.2, 0.25) is 0 Å². The third kappa shape index (κ3) is 6.03. The van der Waals surface area contributed by atoms with Crippen molar-refractivity contribution in [2.45, 2.75) is 25.2 Å². The number of pyridine rings is 2. The molecule has 1 N–H and O–H groups in total. The Hall–Kier alpha value is -4.09. The molecule has 1 atom stereocenters. The van der Waals surface area contributed by atoms with Crippen molar-refractivity contribution in [2.75, 3.05) is 0 Å². The molecule has 1 aromatic carbocycles. The number of ketones is 1. The van der Waals surface area contributed by atoms with Gasteiger partial charge in [0.25, 0.3) is 5.56 Å². The van der Waals surface area contributed by atoms with Gasteiger partial charge in [-0.15, -0.1) is 13.2 Å². The van der Waals surface area contributed by atoms with Gasteiger partial charge in [-0.2, -0.15) is 0 Å². The van der Waals surface area contributed by atoms with E-state index in [1.54, 1.807) is 0 Å². The van der Waals surface area contributed by atoms with Crippen LogP contribution in [-0.4, -0.2) is 32.8 Å². The maximum absolute atomic E-state index is 14.5. The van der Waals surface area contributed by atoms with E-state index in [1.165, 1.54) is 12.3 Å².